The van der Waals surface area contributed by atoms with E-state index in [9.17, 15) is 13.2 Å². The number of carbonyl (C=O) groups excluding carboxylic acids is 1. The average molecular weight is 325 g/mol. The molecule has 6 heteroatoms. The Labute approximate surface area is 132 Å². The highest BCUT2D eigenvalue weighted by atomic mass is 32.2. The van der Waals surface area contributed by atoms with E-state index < -0.39 is 9.84 Å². The summed E-state index contributed by atoms with van der Waals surface area (Å²) in [5, 5.41) is 0. The zero-order valence-corrected chi connectivity index (χ0v) is 13.9. The van der Waals surface area contributed by atoms with Crippen LogP contribution in [-0.2, 0) is 21.2 Å². The summed E-state index contributed by atoms with van der Waals surface area (Å²) in [6.45, 7) is 3.08. The minimum atomic E-state index is -3.00. The molecule has 1 heterocycles. The van der Waals surface area contributed by atoms with Crippen LogP contribution in [0.1, 0.15) is 35.7 Å². The molecule has 0 aliphatic carbocycles. The van der Waals surface area contributed by atoms with Gasteiger partial charge in [0.2, 0.25) is 0 Å². The van der Waals surface area contributed by atoms with Gasteiger partial charge in [-0.25, -0.2) is 8.42 Å². The molecule has 2 rings (SSSR count). The van der Waals surface area contributed by atoms with Crippen molar-refractivity contribution in [2.24, 2.45) is 0 Å². The second kappa shape index (κ2) is 7.24. The van der Waals surface area contributed by atoms with Crippen molar-refractivity contribution >= 4 is 15.7 Å². The Balaban J connectivity index is 2.15. The van der Waals surface area contributed by atoms with E-state index >= 15 is 0 Å². The summed E-state index contributed by atoms with van der Waals surface area (Å²) in [6.07, 6.45) is 1.35. The maximum absolute atomic E-state index is 12.7. The molecule has 1 aliphatic rings. The van der Waals surface area contributed by atoms with Gasteiger partial charge in [-0.1, -0.05) is 19.1 Å². The van der Waals surface area contributed by atoms with Crippen LogP contribution in [0.25, 0.3) is 0 Å². The molecule has 0 bridgehead atoms. The third kappa shape index (κ3) is 4.08. The average Bonchev–Trinajstić information content (AvgIpc) is 2.85. The van der Waals surface area contributed by atoms with Crippen LogP contribution < -0.4 is 0 Å². The van der Waals surface area contributed by atoms with E-state index in [1.165, 1.54) is 0 Å². The smallest absolute Gasteiger partial charge is 0.254 e. The number of sulfone groups is 1. The predicted molar refractivity (Wildman–Crippen MR) is 85.5 cm³/mol. The SMILES string of the molecule is CCCN(C(=O)c1ccc(COC)cc1)[C@H]1CCS(=O)(=O)C1. The van der Waals surface area contributed by atoms with Crippen LogP contribution in [0.3, 0.4) is 0 Å². The van der Waals surface area contributed by atoms with Crippen molar-refractivity contribution in [2.45, 2.75) is 32.4 Å². The van der Waals surface area contributed by atoms with Gasteiger partial charge in [-0.3, -0.25) is 4.79 Å². The molecule has 0 aromatic heterocycles. The molecule has 1 saturated heterocycles. The summed E-state index contributed by atoms with van der Waals surface area (Å²) in [7, 11) is -1.37. The van der Waals surface area contributed by atoms with Gasteiger partial charge in [-0.2, -0.15) is 0 Å². The van der Waals surface area contributed by atoms with Gasteiger partial charge in [0.15, 0.2) is 9.84 Å². The van der Waals surface area contributed by atoms with Gasteiger partial charge in [0.25, 0.3) is 5.91 Å². The van der Waals surface area contributed by atoms with Crippen molar-refractivity contribution in [1.29, 1.82) is 0 Å². The Hall–Kier alpha value is -1.40. The molecule has 122 valence electrons. The molecule has 0 N–H and O–H groups in total. The fraction of sp³-hybridized carbons (Fsp3) is 0.562. The lowest BCUT2D eigenvalue weighted by atomic mass is 10.1. The number of nitrogens with zero attached hydrogens (tertiary/aromatic N) is 1. The Morgan fingerprint density at radius 1 is 1.32 bits per heavy atom. The molecule has 0 spiro atoms. The largest absolute Gasteiger partial charge is 0.380 e. The molecule has 0 radical (unpaired) electrons. The molecular weight excluding hydrogens is 302 g/mol. The summed E-state index contributed by atoms with van der Waals surface area (Å²) in [5.74, 6) is 0.172. The van der Waals surface area contributed by atoms with E-state index in [-0.39, 0.29) is 23.5 Å². The predicted octanol–water partition coefficient (Wildman–Crippen LogP) is 1.87. The standard InChI is InChI=1S/C16H23NO4S/c1-3-9-17(15-8-10-22(19,20)12-15)16(18)14-6-4-13(5-7-14)11-21-2/h4-7,15H,3,8-12H2,1-2H3/t15-/m0/s1. The minimum absolute atomic E-state index is 0.0838. The van der Waals surface area contributed by atoms with E-state index in [0.29, 0.717) is 25.1 Å². The first-order chi connectivity index (χ1) is 10.5. The molecule has 1 aromatic rings. The summed E-state index contributed by atoms with van der Waals surface area (Å²) in [4.78, 5) is 14.4. The lowest BCUT2D eigenvalue weighted by Crippen LogP contribution is -2.41. The summed E-state index contributed by atoms with van der Waals surface area (Å²) < 4.78 is 28.4. The van der Waals surface area contributed by atoms with Crippen molar-refractivity contribution < 1.29 is 17.9 Å². The highest BCUT2D eigenvalue weighted by Gasteiger charge is 2.34. The Morgan fingerprint density at radius 3 is 2.50 bits per heavy atom. The van der Waals surface area contributed by atoms with Gasteiger partial charge in [0.05, 0.1) is 18.1 Å². The normalized spacial score (nSPS) is 20.0. The summed E-state index contributed by atoms with van der Waals surface area (Å²) in [5.41, 5.74) is 1.60. The van der Waals surface area contributed by atoms with E-state index in [1.807, 2.05) is 19.1 Å². The number of ether oxygens (including phenoxy) is 1. The maximum Gasteiger partial charge on any atom is 0.254 e. The van der Waals surface area contributed by atoms with Gasteiger partial charge >= 0.3 is 0 Å². The molecule has 1 amide bonds. The molecule has 1 fully saturated rings. The van der Waals surface area contributed by atoms with Gasteiger partial charge in [0.1, 0.15) is 0 Å². The van der Waals surface area contributed by atoms with Crippen LogP contribution in [0, 0.1) is 0 Å². The van der Waals surface area contributed by atoms with E-state index in [4.69, 9.17) is 4.74 Å². The van der Waals surface area contributed by atoms with Crippen molar-refractivity contribution in [3.63, 3.8) is 0 Å². The van der Waals surface area contributed by atoms with Crippen LogP contribution >= 0.6 is 0 Å². The lowest BCUT2D eigenvalue weighted by molar-refractivity contribution is 0.0697. The fourth-order valence-corrected chi connectivity index (χ4v) is 4.52. The van der Waals surface area contributed by atoms with E-state index in [0.717, 1.165) is 12.0 Å². The van der Waals surface area contributed by atoms with Crippen LogP contribution in [0.2, 0.25) is 0 Å². The van der Waals surface area contributed by atoms with Crippen molar-refractivity contribution in [1.82, 2.24) is 4.90 Å². The first-order valence-electron chi connectivity index (χ1n) is 7.56. The monoisotopic (exact) mass is 325 g/mol. The molecule has 1 aliphatic heterocycles. The number of hydrogen-bond donors (Lipinski definition) is 0. The molecule has 1 atom stereocenters. The quantitative estimate of drug-likeness (QED) is 0.801. The lowest BCUT2D eigenvalue weighted by Gasteiger charge is -2.28. The van der Waals surface area contributed by atoms with Crippen molar-refractivity contribution in [2.75, 3.05) is 25.2 Å². The zero-order chi connectivity index (χ0) is 16.2. The molecule has 5 nitrogen and oxygen atoms in total. The van der Waals surface area contributed by atoms with Gasteiger partial charge in [0, 0.05) is 25.3 Å². The number of carbonyl (C=O) groups is 1. The highest BCUT2D eigenvalue weighted by molar-refractivity contribution is 7.91. The second-order valence-electron chi connectivity index (χ2n) is 5.69. The summed E-state index contributed by atoms with van der Waals surface area (Å²) >= 11 is 0. The minimum Gasteiger partial charge on any atom is -0.380 e. The molecular formula is C16H23NO4S. The Bertz CT molecular complexity index is 610. The number of amides is 1. The first-order valence-corrected chi connectivity index (χ1v) is 9.38. The maximum atomic E-state index is 12.7. The molecule has 0 unspecified atom stereocenters. The van der Waals surface area contributed by atoms with Crippen molar-refractivity contribution in [3.8, 4) is 0 Å². The zero-order valence-electron chi connectivity index (χ0n) is 13.1. The number of hydrogen-bond acceptors (Lipinski definition) is 4. The first kappa shape index (κ1) is 17.0. The Morgan fingerprint density at radius 2 is 2.00 bits per heavy atom. The molecule has 22 heavy (non-hydrogen) atoms. The highest BCUT2D eigenvalue weighted by Crippen LogP contribution is 2.20. The van der Waals surface area contributed by atoms with Gasteiger partial charge in [-0.05, 0) is 30.5 Å². The third-order valence-corrected chi connectivity index (χ3v) is 5.64. The van der Waals surface area contributed by atoms with Gasteiger partial charge < -0.3 is 9.64 Å². The molecule has 0 saturated carbocycles. The molecule has 1 aromatic carbocycles. The van der Waals surface area contributed by atoms with Crippen molar-refractivity contribution in [3.05, 3.63) is 35.4 Å². The van der Waals surface area contributed by atoms with E-state index in [2.05, 4.69) is 0 Å². The van der Waals surface area contributed by atoms with Crippen LogP contribution in [0.15, 0.2) is 24.3 Å². The van der Waals surface area contributed by atoms with Crippen LogP contribution in [0.4, 0.5) is 0 Å². The second-order valence-corrected chi connectivity index (χ2v) is 7.91. The topological polar surface area (TPSA) is 63.7 Å². The fourth-order valence-electron chi connectivity index (χ4n) is 2.79. The van der Waals surface area contributed by atoms with Crippen LogP contribution in [0.5, 0.6) is 0 Å². The number of benzene rings is 1. The number of rotatable bonds is 6. The summed E-state index contributed by atoms with van der Waals surface area (Å²) in [6, 6.07) is 7.10. The number of methoxy groups -OCH3 is 1. The third-order valence-electron chi connectivity index (χ3n) is 3.89. The Kier molecular flexibility index (Phi) is 5.58. The van der Waals surface area contributed by atoms with Gasteiger partial charge in [-0.15, -0.1) is 0 Å². The van der Waals surface area contributed by atoms with E-state index in [1.54, 1.807) is 24.1 Å². The van der Waals surface area contributed by atoms with Crippen LogP contribution in [-0.4, -0.2) is 50.4 Å².